The minimum absolute atomic E-state index is 0.667. The third kappa shape index (κ3) is 4.40. The van der Waals surface area contributed by atoms with Gasteiger partial charge in [-0.1, -0.05) is 115 Å². The molecule has 0 N–H and O–H groups in total. The van der Waals surface area contributed by atoms with Crippen LogP contribution in [-0.4, -0.2) is 9.97 Å². The van der Waals surface area contributed by atoms with Gasteiger partial charge in [0.15, 0.2) is 22.9 Å². The van der Waals surface area contributed by atoms with Gasteiger partial charge in [0.1, 0.15) is 11.3 Å². The van der Waals surface area contributed by atoms with Crippen molar-refractivity contribution < 1.29 is 9.15 Å². The van der Waals surface area contributed by atoms with Crippen LogP contribution < -0.4 is 9.64 Å². The first-order valence-electron chi connectivity index (χ1n) is 16.3. The highest BCUT2D eigenvalue weighted by atomic mass is 16.5. The monoisotopic (exact) mass is 629 g/mol. The van der Waals surface area contributed by atoms with Crippen LogP contribution >= 0.6 is 0 Å². The molecule has 0 spiro atoms. The number of aromatic nitrogens is 2. The zero-order chi connectivity index (χ0) is 32.3. The second-order valence-electron chi connectivity index (χ2n) is 12.2. The van der Waals surface area contributed by atoms with E-state index in [9.17, 15) is 0 Å². The molecule has 9 aromatic rings. The molecule has 0 unspecified atom stereocenters. The van der Waals surface area contributed by atoms with E-state index in [-0.39, 0.29) is 0 Å². The molecule has 230 valence electrons. The van der Waals surface area contributed by atoms with Gasteiger partial charge >= 0.3 is 0 Å². The Labute approximate surface area is 282 Å². The first-order valence-corrected chi connectivity index (χ1v) is 16.3. The molecule has 1 aliphatic heterocycles. The van der Waals surface area contributed by atoms with E-state index in [1.54, 1.807) is 0 Å². The van der Waals surface area contributed by atoms with Gasteiger partial charge < -0.3 is 14.1 Å². The summed E-state index contributed by atoms with van der Waals surface area (Å²) in [6.07, 6.45) is 0. The normalized spacial score (nSPS) is 12.2. The molecule has 7 aromatic carbocycles. The molecule has 2 aromatic heterocycles. The zero-order valence-electron chi connectivity index (χ0n) is 26.2. The van der Waals surface area contributed by atoms with Crippen molar-refractivity contribution in [3.05, 3.63) is 164 Å². The Morgan fingerprint density at radius 2 is 1.08 bits per heavy atom. The van der Waals surface area contributed by atoms with Crippen LogP contribution in [0.5, 0.6) is 11.5 Å². The molecular weight excluding hydrogens is 603 g/mol. The highest BCUT2D eigenvalue weighted by molar-refractivity contribution is 6.25. The van der Waals surface area contributed by atoms with Crippen molar-refractivity contribution in [2.45, 2.75) is 0 Å². The predicted octanol–water partition coefficient (Wildman–Crippen LogP) is 12.1. The van der Waals surface area contributed by atoms with Crippen molar-refractivity contribution in [3.8, 4) is 45.4 Å². The van der Waals surface area contributed by atoms with E-state index in [0.29, 0.717) is 5.82 Å². The van der Waals surface area contributed by atoms with Crippen molar-refractivity contribution in [1.82, 2.24) is 9.97 Å². The SMILES string of the molecule is c1ccc(-c2cc(-c3ccccc3)nc(-c3ccc(N4c5ccccc5Oc5c4c4oc6ccccc6c4c4ccccc54)cc3)n2)cc1. The summed E-state index contributed by atoms with van der Waals surface area (Å²) in [7, 11) is 0. The van der Waals surface area contributed by atoms with Gasteiger partial charge in [-0.05, 0) is 53.9 Å². The lowest BCUT2D eigenvalue weighted by Crippen LogP contribution is -2.16. The fourth-order valence-electron chi connectivity index (χ4n) is 6.99. The molecule has 5 nitrogen and oxygen atoms in total. The number of ether oxygens (including phenoxy) is 1. The molecule has 0 radical (unpaired) electrons. The maximum absolute atomic E-state index is 6.73. The second-order valence-corrected chi connectivity index (χ2v) is 12.2. The maximum Gasteiger partial charge on any atom is 0.163 e. The quantitative estimate of drug-likeness (QED) is 0.194. The van der Waals surface area contributed by atoms with Crippen molar-refractivity contribution >= 4 is 49.8 Å². The summed E-state index contributed by atoms with van der Waals surface area (Å²) in [6, 6.07) is 55.8. The van der Waals surface area contributed by atoms with Gasteiger partial charge in [-0.3, -0.25) is 0 Å². The number of fused-ring (bicyclic) bond motifs is 9. The fourth-order valence-corrected chi connectivity index (χ4v) is 6.99. The first-order chi connectivity index (χ1) is 24.3. The van der Waals surface area contributed by atoms with Crippen LogP contribution in [-0.2, 0) is 0 Å². The molecule has 10 rings (SSSR count). The fraction of sp³-hybridized carbons (Fsp3) is 0. The Hall–Kier alpha value is -6.72. The molecular formula is C44H27N3O2. The lowest BCUT2D eigenvalue weighted by molar-refractivity contribution is 0.482. The highest BCUT2D eigenvalue weighted by Gasteiger charge is 2.32. The average molecular weight is 630 g/mol. The number of rotatable bonds is 4. The number of hydrogen-bond donors (Lipinski definition) is 0. The van der Waals surface area contributed by atoms with Gasteiger partial charge in [0, 0.05) is 38.5 Å². The van der Waals surface area contributed by atoms with Crippen molar-refractivity contribution in [2.24, 2.45) is 0 Å². The number of nitrogens with zero attached hydrogens (tertiary/aromatic N) is 3. The molecule has 5 heteroatoms. The summed E-state index contributed by atoms with van der Waals surface area (Å²) in [4.78, 5) is 12.4. The minimum atomic E-state index is 0.667. The van der Waals surface area contributed by atoms with E-state index in [0.717, 1.165) is 89.4 Å². The van der Waals surface area contributed by atoms with E-state index in [4.69, 9.17) is 19.1 Å². The summed E-state index contributed by atoms with van der Waals surface area (Å²) in [5.41, 5.74) is 9.20. The molecule has 0 saturated heterocycles. The summed E-state index contributed by atoms with van der Waals surface area (Å²) in [6.45, 7) is 0. The van der Waals surface area contributed by atoms with Crippen LogP contribution in [0.1, 0.15) is 0 Å². The van der Waals surface area contributed by atoms with Gasteiger partial charge in [-0.2, -0.15) is 0 Å². The molecule has 1 aliphatic rings. The van der Waals surface area contributed by atoms with E-state index in [2.05, 4.69) is 102 Å². The molecule has 0 aliphatic carbocycles. The Balaban J connectivity index is 1.17. The Morgan fingerprint density at radius 1 is 0.490 bits per heavy atom. The van der Waals surface area contributed by atoms with Crippen LogP contribution in [0, 0.1) is 0 Å². The first kappa shape index (κ1) is 27.4. The third-order valence-corrected chi connectivity index (χ3v) is 9.26. The van der Waals surface area contributed by atoms with Gasteiger partial charge in [0.25, 0.3) is 0 Å². The molecule has 3 heterocycles. The van der Waals surface area contributed by atoms with Crippen LogP contribution in [0.15, 0.2) is 168 Å². The Kier molecular flexibility index (Phi) is 6.11. The highest BCUT2D eigenvalue weighted by Crippen LogP contribution is 2.57. The molecule has 0 fully saturated rings. The van der Waals surface area contributed by atoms with Crippen molar-refractivity contribution in [3.63, 3.8) is 0 Å². The second kappa shape index (κ2) is 10.9. The molecule has 0 amide bonds. The summed E-state index contributed by atoms with van der Waals surface area (Å²) in [5.74, 6) is 2.22. The minimum Gasteiger partial charge on any atom is -0.454 e. The van der Waals surface area contributed by atoms with Crippen LogP contribution in [0.3, 0.4) is 0 Å². The molecule has 49 heavy (non-hydrogen) atoms. The van der Waals surface area contributed by atoms with Gasteiger partial charge in [-0.25, -0.2) is 9.97 Å². The molecule has 0 atom stereocenters. The van der Waals surface area contributed by atoms with E-state index < -0.39 is 0 Å². The van der Waals surface area contributed by atoms with Crippen LogP contribution in [0.2, 0.25) is 0 Å². The number of para-hydroxylation sites is 3. The van der Waals surface area contributed by atoms with E-state index in [1.807, 2.05) is 66.7 Å². The topological polar surface area (TPSA) is 51.4 Å². The van der Waals surface area contributed by atoms with Crippen LogP contribution in [0.25, 0.3) is 66.6 Å². The number of anilines is 3. The van der Waals surface area contributed by atoms with Gasteiger partial charge in [-0.15, -0.1) is 0 Å². The summed E-state index contributed by atoms with van der Waals surface area (Å²) in [5, 5.41) is 4.29. The maximum atomic E-state index is 6.73. The molecule has 0 bridgehead atoms. The molecule has 0 saturated carbocycles. The van der Waals surface area contributed by atoms with Crippen molar-refractivity contribution in [1.29, 1.82) is 0 Å². The largest absolute Gasteiger partial charge is 0.454 e. The Bertz CT molecular complexity index is 2630. The lowest BCUT2D eigenvalue weighted by atomic mass is 9.99. The van der Waals surface area contributed by atoms with Crippen LogP contribution in [0.4, 0.5) is 17.1 Å². The van der Waals surface area contributed by atoms with E-state index >= 15 is 0 Å². The third-order valence-electron chi connectivity index (χ3n) is 9.26. The smallest absolute Gasteiger partial charge is 0.163 e. The average Bonchev–Trinajstić information content (AvgIpc) is 3.58. The number of hydrogen-bond acceptors (Lipinski definition) is 5. The predicted molar refractivity (Wildman–Crippen MR) is 198 cm³/mol. The summed E-state index contributed by atoms with van der Waals surface area (Å²) >= 11 is 0. The van der Waals surface area contributed by atoms with Crippen molar-refractivity contribution in [2.75, 3.05) is 4.90 Å². The Morgan fingerprint density at radius 3 is 1.80 bits per heavy atom. The number of furan rings is 1. The number of benzene rings is 7. The van der Waals surface area contributed by atoms with E-state index in [1.165, 1.54) is 0 Å². The van der Waals surface area contributed by atoms with Gasteiger partial charge in [0.05, 0.1) is 17.1 Å². The zero-order valence-corrected chi connectivity index (χ0v) is 26.2. The van der Waals surface area contributed by atoms with Gasteiger partial charge in [0.2, 0.25) is 0 Å². The lowest BCUT2D eigenvalue weighted by Gasteiger charge is -2.33. The standard InChI is InChI=1S/C44H27N3O2/c1-3-13-28(14-4-1)35-27-36(29-15-5-2-6-16-29)46-44(45-35)30-23-25-31(26-24-30)47-37-20-10-12-22-39(37)49-42-33-18-8-7-17-32(33)40-34-19-9-11-21-38(34)48-43(40)41(42)47/h1-27H. The summed E-state index contributed by atoms with van der Waals surface area (Å²) < 4.78 is 13.4.